The van der Waals surface area contributed by atoms with E-state index in [2.05, 4.69) is 32.1 Å². The van der Waals surface area contributed by atoms with Gasteiger partial charge in [0, 0.05) is 0 Å². The van der Waals surface area contributed by atoms with Gasteiger partial charge in [0.25, 0.3) is 0 Å². The molecule has 31 heavy (non-hydrogen) atoms. The molecule has 0 radical (unpaired) electrons. The van der Waals surface area contributed by atoms with Gasteiger partial charge in [-0.1, -0.05) is 41.9 Å². The zero-order chi connectivity index (χ0) is 22.7. The lowest BCUT2D eigenvalue weighted by Crippen LogP contribution is -2.24. The molecule has 3 nitrogen and oxygen atoms in total. The summed E-state index contributed by atoms with van der Waals surface area (Å²) in [5, 5.41) is 29.8. The fourth-order valence-electron chi connectivity index (χ4n) is 6.10. The van der Waals surface area contributed by atoms with Gasteiger partial charge in [-0.05, 0) is 115 Å². The first-order valence-electron chi connectivity index (χ1n) is 12.7. The van der Waals surface area contributed by atoms with Crippen LogP contribution in [-0.4, -0.2) is 33.1 Å². The highest BCUT2D eigenvalue weighted by molar-refractivity contribution is 5.32. The van der Waals surface area contributed by atoms with Crippen LogP contribution in [0.5, 0.6) is 0 Å². The van der Waals surface area contributed by atoms with Gasteiger partial charge in [-0.15, -0.1) is 0 Å². The van der Waals surface area contributed by atoms with Crippen LogP contribution in [0.25, 0.3) is 0 Å². The second-order valence-electron chi connectivity index (χ2n) is 11.8. The number of allylic oxidation sites excluding steroid dienone is 5. The first-order valence-corrected chi connectivity index (χ1v) is 12.7. The Balaban J connectivity index is 1.50. The van der Waals surface area contributed by atoms with Crippen molar-refractivity contribution in [1.82, 2.24) is 0 Å². The van der Waals surface area contributed by atoms with Gasteiger partial charge >= 0.3 is 0 Å². The number of hydrogen-bond donors (Lipinski definition) is 3. The summed E-state index contributed by atoms with van der Waals surface area (Å²) in [6, 6.07) is 0. The van der Waals surface area contributed by atoms with Crippen molar-refractivity contribution in [2.75, 3.05) is 0 Å². The zero-order valence-electron chi connectivity index (χ0n) is 20.4. The Morgan fingerprint density at radius 1 is 1.10 bits per heavy atom. The summed E-state index contributed by atoms with van der Waals surface area (Å²) in [6.45, 7) is 8.55. The zero-order valence-corrected chi connectivity index (χ0v) is 20.4. The molecule has 3 heteroatoms. The molecule has 1 unspecified atom stereocenters. The third-order valence-electron chi connectivity index (χ3n) is 8.01. The first-order chi connectivity index (χ1) is 14.5. The normalized spacial score (nSPS) is 32.4. The molecule has 0 bridgehead atoms. The Bertz CT molecular complexity index is 692. The van der Waals surface area contributed by atoms with E-state index < -0.39 is 17.8 Å². The van der Waals surface area contributed by atoms with Gasteiger partial charge in [0.1, 0.15) is 0 Å². The summed E-state index contributed by atoms with van der Waals surface area (Å²) in [4.78, 5) is 0. The second-order valence-corrected chi connectivity index (χ2v) is 11.8. The van der Waals surface area contributed by atoms with E-state index in [4.69, 9.17) is 0 Å². The molecule has 0 amide bonds. The Kier molecular flexibility index (Phi) is 7.92. The van der Waals surface area contributed by atoms with Gasteiger partial charge < -0.3 is 15.3 Å². The smallest absolute Gasteiger partial charge is 0.0602 e. The SMILES string of the molecule is C/C(=C/C=C1CC(O)C[C@H](O)C1)CCC[C@@]1(C)CCC=C1C1(CCCC(C)(C)O)CC1. The van der Waals surface area contributed by atoms with Crippen molar-refractivity contribution < 1.29 is 15.3 Å². The second kappa shape index (κ2) is 9.93. The third-order valence-corrected chi connectivity index (χ3v) is 8.01. The van der Waals surface area contributed by atoms with Crippen molar-refractivity contribution in [1.29, 1.82) is 0 Å². The van der Waals surface area contributed by atoms with Gasteiger partial charge in [0.2, 0.25) is 0 Å². The Labute approximate surface area is 190 Å². The summed E-state index contributed by atoms with van der Waals surface area (Å²) >= 11 is 0. The molecule has 176 valence electrons. The summed E-state index contributed by atoms with van der Waals surface area (Å²) in [6.07, 6.45) is 20.0. The molecule has 3 aliphatic rings. The average molecular weight is 431 g/mol. The topological polar surface area (TPSA) is 60.7 Å². The highest BCUT2D eigenvalue weighted by atomic mass is 16.3. The number of hydrogen-bond acceptors (Lipinski definition) is 3. The molecule has 2 fully saturated rings. The Morgan fingerprint density at radius 2 is 1.77 bits per heavy atom. The largest absolute Gasteiger partial charge is 0.393 e. The van der Waals surface area contributed by atoms with E-state index in [0.29, 0.717) is 30.1 Å². The lowest BCUT2D eigenvalue weighted by molar-refractivity contribution is 0.0609. The van der Waals surface area contributed by atoms with Crippen LogP contribution in [0, 0.1) is 10.8 Å². The molecule has 0 aromatic carbocycles. The van der Waals surface area contributed by atoms with E-state index in [0.717, 1.165) is 19.3 Å². The standard InChI is InChI=1S/C28H46O3/c1-21(10-11-22-18-23(29)20-24(30)19-22)8-5-13-27(4)14-6-9-25(27)28(16-17-28)15-7-12-26(2,3)31/h9-11,23-24,29-31H,5-8,12-20H2,1-4H3/b21-10-,22-11?/t23-,24?,27+/m1/s1. The van der Waals surface area contributed by atoms with E-state index in [1.807, 2.05) is 13.8 Å². The maximum Gasteiger partial charge on any atom is 0.0602 e. The minimum Gasteiger partial charge on any atom is -0.393 e. The summed E-state index contributed by atoms with van der Waals surface area (Å²) in [5.74, 6) is 0. The number of aliphatic hydroxyl groups excluding tert-OH is 2. The molecule has 0 spiro atoms. The maximum atomic E-state index is 10.1. The van der Waals surface area contributed by atoms with E-state index >= 15 is 0 Å². The quantitative estimate of drug-likeness (QED) is 0.352. The maximum absolute atomic E-state index is 10.1. The van der Waals surface area contributed by atoms with Gasteiger partial charge in [-0.3, -0.25) is 0 Å². The minimum absolute atomic E-state index is 0.349. The molecular formula is C28H46O3. The van der Waals surface area contributed by atoms with Crippen LogP contribution in [0.4, 0.5) is 0 Å². The first kappa shape index (κ1) is 24.7. The molecule has 3 aliphatic carbocycles. The molecule has 0 heterocycles. The van der Waals surface area contributed by atoms with Crippen molar-refractivity contribution in [2.24, 2.45) is 10.8 Å². The lowest BCUT2D eigenvalue weighted by atomic mass is 9.71. The fraction of sp³-hybridized carbons (Fsp3) is 0.786. The van der Waals surface area contributed by atoms with E-state index in [9.17, 15) is 15.3 Å². The number of aliphatic hydroxyl groups is 3. The summed E-state index contributed by atoms with van der Waals surface area (Å²) in [7, 11) is 0. The van der Waals surface area contributed by atoms with Crippen molar-refractivity contribution in [3.8, 4) is 0 Å². The van der Waals surface area contributed by atoms with Crippen LogP contribution in [-0.2, 0) is 0 Å². The van der Waals surface area contributed by atoms with Crippen molar-refractivity contribution in [3.05, 3.63) is 34.9 Å². The monoisotopic (exact) mass is 430 g/mol. The van der Waals surface area contributed by atoms with Crippen LogP contribution < -0.4 is 0 Å². The predicted octanol–water partition coefficient (Wildman–Crippen LogP) is 6.38. The van der Waals surface area contributed by atoms with Crippen molar-refractivity contribution >= 4 is 0 Å². The Hall–Kier alpha value is -0.900. The van der Waals surface area contributed by atoms with Crippen LogP contribution in [0.3, 0.4) is 0 Å². The molecule has 0 aliphatic heterocycles. The highest BCUT2D eigenvalue weighted by Gasteiger charge is 2.51. The summed E-state index contributed by atoms with van der Waals surface area (Å²) in [5.41, 5.74) is 4.54. The van der Waals surface area contributed by atoms with E-state index in [1.54, 1.807) is 5.57 Å². The fourth-order valence-corrected chi connectivity index (χ4v) is 6.10. The molecule has 2 saturated carbocycles. The molecule has 0 aromatic heterocycles. The third kappa shape index (κ3) is 7.04. The average Bonchev–Trinajstić information content (AvgIpc) is 3.32. The molecule has 3 atom stereocenters. The van der Waals surface area contributed by atoms with Gasteiger partial charge in [-0.25, -0.2) is 0 Å². The van der Waals surface area contributed by atoms with Crippen molar-refractivity contribution in [2.45, 2.75) is 129 Å². The van der Waals surface area contributed by atoms with E-state index in [1.165, 1.54) is 56.1 Å². The van der Waals surface area contributed by atoms with Gasteiger partial charge in [-0.2, -0.15) is 0 Å². The Morgan fingerprint density at radius 3 is 2.39 bits per heavy atom. The molecular weight excluding hydrogens is 384 g/mol. The van der Waals surface area contributed by atoms with Crippen molar-refractivity contribution in [3.63, 3.8) is 0 Å². The van der Waals surface area contributed by atoms with Crippen LogP contribution in [0.2, 0.25) is 0 Å². The highest BCUT2D eigenvalue weighted by Crippen LogP contribution is 2.64. The molecule has 0 saturated heterocycles. The van der Waals surface area contributed by atoms with Crippen LogP contribution in [0.1, 0.15) is 111 Å². The predicted molar refractivity (Wildman–Crippen MR) is 129 cm³/mol. The molecule has 3 rings (SSSR count). The lowest BCUT2D eigenvalue weighted by Gasteiger charge is -2.34. The molecule has 3 N–H and O–H groups in total. The van der Waals surface area contributed by atoms with Crippen LogP contribution >= 0.6 is 0 Å². The number of rotatable bonds is 10. The minimum atomic E-state index is -0.545. The van der Waals surface area contributed by atoms with Gasteiger partial charge in [0.15, 0.2) is 0 Å². The summed E-state index contributed by atoms with van der Waals surface area (Å²) < 4.78 is 0. The van der Waals surface area contributed by atoms with Crippen LogP contribution in [0.15, 0.2) is 34.9 Å². The van der Waals surface area contributed by atoms with E-state index in [-0.39, 0.29) is 0 Å². The molecule has 0 aromatic rings. The van der Waals surface area contributed by atoms with Gasteiger partial charge in [0.05, 0.1) is 17.8 Å².